The van der Waals surface area contributed by atoms with Gasteiger partial charge in [0.2, 0.25) is 5.91 Å². The number of aryl methyl sites for hydroxylation is 1. The summed E-state index contributed by atoms with van der Waals surface area (Å²) in [6, 6.07) is 5.21. The molecule has 0 bridgehead atoms. The predicted molar refractivity (Wildman–Crippen MR) is 77.6 cm³/mol. The molecule has 0 saturated heterocycles. The zero-order valence-corrected chi connectivity index (χ0v) is 12.6. The molecule has 0 aliphatic heterocycles. The lowest BCUT2D eigenvalue weighted by molar-refractivity contribution is -0.118. The maximum atomic E-state index is 11.7. The van der Waals surface area contributed by atoms with Crippen LogP contribution in [0.1, 0.15) is 19.4 Å². The molecule has 0 radical (unpaired) electrons. The van der Waals surface area contributed by atoms with E-state index in [1.165, 1.54) is 0 Å². The molecule has 96 valence electrons. The first-order valence-corrected chi connectivity index (χ1v) is 6.03. The summed E-state index contributed by atoms with van der Waals surface area (Å²) in [6.07, 6.45) is 0. The summed E-state index contributed by atoms with van der Waals surface area (Å²) in [4.78, 5) is 11.7. The fraction of sp³-hybridized carbons (Fsp3) is 0.417. The van der Waals surface area contributed by atoms with Gasteiger partial charge in [-0.05, 0) is 30.5 Å². The smallest absolute Gasteiger partial charge is 0.241 e. The van der Waals surface area contributed by atoms with Crippen molar-refractivity contribution in [1.29, 1.82) is 0 Å². The van der Waals surface area contributed by atoms with E-state index in [2.05, 4.69) is 21.2 Å². The molecular weight excluding hydrogens is 304 g/mol. The summed E-state index contributed by atoms with van der Waals surface area (Å²) in [5, 5.41) is 2.80. The highest BCUT2D eigenvalue weighted by Crippen LogP contribution is 2.20. The summed E-state index contributed by atoms with van der Waals surface area (Å²) >= 11 is 3.42. The molecule has 0 aromatic heterocycles. The molecule has 1 aromatic rings. The number of nitrogens with two attached hydrogens (primary N) is 1. The van der Waals surface area contributed by atoms with Gasteiger partial charge in [0, 0.05) is 10.2 Å². The van der Waals surface area contributed by atoms with Crippen molar-refractivity contribution in [2.75, 3.05) is 5.32 Å². The van der Waals surface area contributed by atoms with E-state index in [0.717, 1.165) is 15.7 Å². The van der Waals surface area contributed by atoms with E-state index in [0.29, 0.717) is 0 Å². The van der Waals surface area contributed by atoms with Crippen molar-refractivity contribution in [2.45, 2.75) is 26.8 Å². The van der Waals surface area contributed by atoms with Gasteiger partial charge < -0.3 is 11.1 Å². The van der Waals surface area contributed by atoms with Crippen molar-refractivity contribution in [1.82, 2.24) is 0 Å². The number of carbonyl (C=O) groups excluding carboxylic acids is 1. The number of amides is 1. The van der Waals surface area contributed by atoms with Gasteiger partial charge in [0.25, 0.3) is 0 Å². The van der Waals surface area contributed by atoms with Crippen LogP contribution in [0.2, 0.25) is 0 Å². The van der Waals surface area contributed by atoms with E-state index >= 15 is 0 Å². The van der Waals surface area contributed by atoms with Crippen molar-refractivity contribution < 1.29 is 4.79 Å². The van der Waals surface area contributed by atoms with Gasteiger partial charge in [-0.3, -0.25) is 4.79 Å². The number of hydrogen-bond donors (Lipinski definition) is 2. The molecule has 1 amide bonds. The lowest BCUT2D eigenvalue weighted by Crippen LogP contribution is -2.39. The Hall–Kier alpha value is -0.580. The van der Waals surface area contributed by atoms with Crippen molar-refractivity contribution in [3.8, 4) is 0 Å². The number of benzene rings is 1. The van der Waals surface area contributed by atoms with Crippen LogP contribution in [0.4, 0.5) is 5.69 Å². The summed E-state index contributed by atoms with van der Waals surface area (Å²) in [5.41, 5.74) is 7.65. The van der Waals surface area contributed by atoms with Gasteiger partial charge in [0.05, 0.1) is 6.04 Å². The normalized spacial score (nSPS) is 11.9. The summed E-state index contributed by atoms with van der Waals surface area (Å²) in [5.74, 6) is -0.0142. The molecule has 1 unspecified atom stereocenters. The Morgan fingerprint density at radius 1 is 1.41 bits per heavy atom. The molecule has 0 aliphatic rings. The van der Waals surface area contributed by atoms with E-state index in [4.69, 9.17) is 5.73 Å². The Labute approximate surface area is 117 Å². The number of nitrogens with one attached hydrogen (secondary N) is 1. The van der Waals surface area contributed by atoms with Crippen LogP contribution in [0.3, 0.4) is 0 Å². The van der Waals surface area contributed by atoms with Gasteiger partial charge in [-0.15, -0.1) is 12.4 Å². The zero-order valence-electron chi connectivity index (χ0n) is 10.2. The topological polar surface area (TPSA) is 55.1 Å². The number of anilines is 1. The maximum absolute atomic E-state index is 11.7. The van der Waals surface area contributed by atoms with Gasteiger partial charge in [-0.1, -0.05) is 35.8 Å². The molecule has 3 nitrogen and oxygen atoms in total. The highest BCUT2D eigenvalue weighted by atomic mass is 79.9. The molecule has 5 heteroatoms. The molecule has 0 spiro atoms. The average molecular weight is 322 g/mol. The zero-order chi connectivity index (χ0) is 12.3. The van der Waals surface area contributed by atoms with Crippen LogP contribution < -0.4 is 11.1 Å². The minimum atomic E-state index is -0.472. The highest BCUT2D eigenvalue weighted by molar-refractivity contribution is 9.10. The first-order chi connectivity index (χ1) is 7.41. The number of hydrogen-bond acceptors (Lipinski definition) is 2. The van der Waals surface area contributed by atoms with E-state index < -0.39 is 6.04 Å². The third-order valence-corrected chi connectivity index (χ3v) is 3.31. The number of rotatable bonds is 3. The van der Waals surface area contributed by atoms with E-state index in [1.54, 1.807) is 0 Å². The predicted octanol–water partition coefficient (Wildman–Crippen LogP) is 3.10. The summed E-state index contributed by atoms with van der Waals surface area (Å²) < 4.78 is 0.975. The van der Waals surface area contributed by atoms with Crippen LogP contribution in [0.25, 0.3) is 0 Å². The SMILES string of the molecule is Cc1ccc(NC(=O)C(N)C(C)C)cc1Br.Cl. The fourth-order valence-electron chi connectivity index (χ4n) is 1.20. The van der Waals surface area contributed by atoms with Gasteiger partial charge in [0.15, 0.2) is 0 Å². The minimum Gasteiger partial charge on any atom is -0.325 e. The summed E-state index contributed by atoms with van der Waals surface area (Å²) in [6.45, 7) is 5.85. The third kappa shape index (κ3) is 4.66. The third-order valence-electron chi connectivity index (χ3n) is 2.46. The largest absolute Gasteiger partial charge is 0.325 e. The minimum absolute atomic E-state index is 0. The quantitative estimate of drug-likeness (QED) is 0.899. The Bertz CT molecular complexity index is 396. The molecule has 0 fully saturated rings. The standard InChI is InChI=1S/C12H17BrN2O.ClH/c1-7(2)11(14)12(16)15-9-5-4-8(3)10(13)6-9;/h4-7,11H,14H2,1-3H3,(H,15,16);1H. The molecule has 0 saturated carbocycles. The molecule has 1 aromatic carbocycles. The molecular formula is C12H18BrClN2O. The Morgan fingerprint density at radius 3 is 2.47 bits per heavy atom. The van der Waals surface area contributed by atoms with Gasteiger partial charge in [0.1, 0.15) is 0 Å². The second-order valence-corrected chi connectivity index (χ2v) is 5.08. The molecule has 3 N–H and O–H groups in total. The van der Waals surface area contributed by atoms with Crippen LogP contribution in [-0.2, 0) is 4.79 Å². The van der Waals surface area contributed by atoms with Crippen LogP contribution in [0, 0.1) is 12.8 Å². The van der Waals surface area contributed by atoms with E-state index in [9.17, 15) is 4.79 Å². The molecule has 1 rings (SSSR count). The Morgan fingerprint density at radius 2 is 2.00 bits per heavy atom. The van der Waals surface area contributed by atoms with E-state index in [1.807, 2.05) is 39.0 Å². The molecule has 17 heavy (non-hydrogen) atoms. The van der Waals surface area contributed by atoms with E-state index in [-0.39, 0.29) is 24.2 Å². The van der Waals surface area contributed by atoms with Crippen molar-refractivity contribution in [3.63, 3.8) is 0 Å². The monoisotopic (exact) mass is 320 g/mol. The van der Waals surface area contributed by atoms with Crippen LogP contribution in [-0.4, -0.2) is 11.9 Å². The van der Waals surface area contributed by atoms with Crippen molar-refractivity contribution >= 4 is 39.9 Å². The van der Waals surface area contributed by atoms with Crippen molar-refractivity contribution in [3.05, 3.63) is 28.2 Å². The first kappa shape index (κ1) is 16.4. The van der Waals surface area contributed by atoms with Gasteiger partial charge in [-0.2, -0.15) is 0 Å². The van der Waals surface area contributed by atoms with Crippen LogP contribution in [0.15, 0.2) is 22.7 Å². The first-order valence-electron chi connectivity index (χ1n) is 5.24. The Kier molecular flexibility index (Phi) is 6.75. The maximum Gasteiger partial charge on any atom is 0.241 e. The van der Waals surface area contributed by atoms with Crippen LogP contribution in [0.5, 0.6) is 0 Å². The second kappa shape index (κ2) is 6.99. The lowest BCUT2D eigenvalue weighted by atomic mass is 10.0. The van der Waals surface area contributed by atoms with Crippen LogP contribution >= 0.6 is 28.3 Å². The Balaban J connectivity index is 0.00000256. The fourth-order valence-corrected chi connectivity index (χ4v) is 1.58. The van der Waals surface area contributed by atoms with Gasteiger partial charge >= 0.3 is 0 Å². The second-order valence-electron chi connectivity index (χ2n) is 4.22. The molecule has 0 aliphatic carbocycles. The molecule has 0 heterocycles. The highest BCUT2D eigenvalue weighted by Gasteiger charge is 2.17. The average Bonchev–Trinajstić information content (AvgIpc) is 2.22. The number of carbonyl (C=O) groups is 1. The van der Waals surface area contributed by atoms with Gasteiger partial charge in [-0.25, -0.2) is 0 Å². The lowest BCUT2D eigenvalue weighted by Gasteiger charge is -2.15. The van der Waals surface area contributed by atoms with Crippen molar-refractivity contribution in [2.24, 2.45) is 11.7 Å². The molecule has 1 atom stereocenters. The summed E-state index contributed by atoms with van der Waals surface area (Å²) in [7, 11) is 0. The number of halogens is 2.